The van der Waals surface area contributed by atoms with Gasteiger partial charge in [-0.15, -0.1) is 0 Å². The minimum Gasteiger partial charge on any atom is -0.316 e. The number of allylic oxidation sites excluding steroid dienone is 1. The van der Waals surface area contributed by atoms with Crippen LogP contribution in [0.15, 0.2) is 12.2 Å². The smallest absolute Gasteiger partial charge is 0.00176 e. The monoisotopic (exact) mass is 279 g/mol. The number of hydrogen-bond acceptors (Lipinski definition) is 1. The Bertz CT molecular complexity index is 277. The zero-order chi connectivity index (χ0) is 15.1. The van der Waals surface area contributed by atoms with Gasteiger partial charge < -0.3 is 5.32 Å². The maximum absolute atomic E-state index is 4.26. The Morgan fingerprint density at radius 1 is 1.15 bits per heavy atom. The summed E-state index contributed by atoms with van der Waals surface area (Å²) in [7, 11) is 0. The van der Waals surface area contributed by atoms with Crippen LogP contribution in [0, 0.1) is 29.6 Å². The topological polar surface area (TPSA) is 12.0 Å². The molecule has 1 rings (SSSR count). The van der Waals surface area contributed by atoms with Crippen LogP contribution >= 0.6 is 0 Å². The van der Waals surface area contributed by atoms with Gasteiger partial charge in [0.2, 0.25) is 0 Å². The molecule has 3 unspecified atom stereocenters. The van der Waals surface area contributed by atoms with Crippen LogP contribution in [0.5, 0.6) is 0 Å². The SMILES string of the molecule is C=C(CC)CC1CC(C(C)C)CCC1CNCC(C)C. The van der Waals surface area contributed by atoms with E-state index in [1.807, 2.05) is 0 Å². The molecule has 0 saturated heterocycles. The van der Waals surface area contributed by atoms with E-state index in [0.29, 0.717) is 0 Å². The number of nitrogens with one attached hydrogen (secondary N) is 1. The van der Waals surface area contributed by atoms with E-state index in [2.05, 4.69) is 46.5 Å². The molecule has 1 saturated carbocycles. The van der Waals surface area contributed by atoms with Gasteiger partial charge >= 0.3 is 0 Å². The van der Waals surface area contributed by atoms with Gasteiger partial charge in [0.25, 0.3) is 0 Å². The molecule has 0 aromatic rings. The van der Waals surface area contributed by atoms with E-state index < -0.39 is 0 Å². The molecular weight excluding hydrogens is 242 g/mol. The van der Waals surface area contributed by atoms with Crippen molar-refractivity contribution in [2.75, 3.05) is 13.1 Å². The fourth-order valence-electron chi connectivity index (χ4n) is 3.56. The van der Waals surface area contributed by atoms with Crippen molar-refractivity contribution < 1.29 is 0 Å². The molecular formula is C19H37N. The van der Waals surface area contributed by atoms with Crippen LogP contribution in [0.3, 0.4) is 0 Å². The Labute approximate surface area is 127 Å². The van der Waals surface area contributed by atoms with Crippen LogP contribution in [-0.2, 0) is 0 Å². The van der Waals surface area contributed by atoms with E-state index in [9.17, 15) is 0 Å². The lowest BCUT2D eigenvalue weighted by Gasteiger charge is -2.38. The van der Waals surface area contributed by atoms with Crippen molar-refractivity contribution in [2.24, 2.45) is 29.6 Å². The molecule has 0 aliphatic heterocycles. The first-order valence-corrected chi connectivity index (χ1v) is 8.81. The van der Waals surface area contributed by atoms with Crippen molar-refractivity contribution in [3.8, 4) is 0 Å². The summed E-state index contributed by atoms with van der Waals surface area (Å²) in [4.78, 5) is 0. The highest BCUT2D eigenvalue weighted by atomic mass is 14.9. The van der Waals surface area contributed by atoms with Crippen LogP contribution in [0.25, 0.3) is 0 Å². The van der Waals surface area contributed by atoms with Gasteiger partial charge in [0.15, 0.2) is 0 Å². The van der Waals surface area contributed by atoms with Gasteiger partial charge in [-0.05, 0) is 74.8 Å². The van der Waals surface area contributed by atoms with Gasteiger partial charge in [0.05, 0.1) is 0 Å². The molecule has 1 aliphatic carbocycles. The third kappa shape index (κ3) is 5.99. The predicted molar refractivity (Wildman–Crippen MR) is 90.9 cm³/mol. The molecule has 0 heterocycles. The maximum atomic E-state index is 4.26. The highest BCUT2D eigenvalue weighted by molar-refractivity contribution is 4.97. The average Bonchev–Trinajstić information content (AvgIpc) is 2.39. The predicted octanol–water partition coefficient (Wildman–Crippen LogP) is 5.28. The molecule has 0 spiro atoms. The molecule has 1 heteroatoms. The third-order valence-corrected chi connectivity index (χ3v) is 5.13. The van der Waals surface area contributed by atoms with E-state index in [-0.39, 0.29) is 0 Å². The van der Waals surface area contributed by atoms with E-state index in [4.69, 9.17) is 0 Å². The molecule has 20 heavy (non-hydrogen) atoms. The molecule has 1 aliphatic rings. The number of rotatable bonds is 8. The molecule has 0 aromatic heterocycles. The standard InChI is InChI=1S/C19H37N/c1-7-16(6)10-19-11-17(15(4)5)8-9-18(19)13-20-12-14(2)3/h14-15,17-20H,6-13H2,1-5H3. The average molecular weight is 280 g/mol. The Morgan fingerprint density at radius 3 is 2.40 bits per heavy atom. The molecule has 0 amide bonds. The second-order valence-electron chi connectivity index (χ2n) is 7.70. The van der Waals surface area contributed by atoms with E-state index >= 15 is 0 Å². The third-order valence-electron chi connectivity index (χ3n) is 5.13. The fourth-order valence-corrected chi connectivity index (χ4v) is 3.56. The quantitative estimate of drug-likeness (QED) is 0.596. The van der Waals surface area contributed by atoms with Gasteiger partial charge in [-0.1, -0.05) is 46.8 Å². The highest BCUT2D eigenvalue weighted by Crippen LogP contribution is 2.40. The van der Waals surface area contributed by atoms with Gasteiger partial charge in [0.1, 0.15) is 0 Å². The van der Waals surface area contributed by atoms with Crippen molar-refractivity contribution in [3.05, 3.63) is 12.2 Å². The summed E-state index contributed by atoms with van der Waals surface area (Å²) in [5, 5.41) is 3.69. The van der Waals surface area contributed by atoms with Gasteiger partial charge in [-0.25, -0.2) is 0 Å². The zero-order valence-electron chi connectivity index (χ0n) is 14.5. The highest BCUT2D eigenvalue weighted by Gasteiger charge is 2.31. The normalized spacial score (nSPS) is 27.2. The van der Waals surface area contributed by atoms with Gasteiger partial charge in [-0.3, -0.25) is 0 Å². The maximum Gasteiger partial charge on any atom is -0.00176 e. The Morgan fingerprint density at radius 2 is 1.85 bits per heavy atom. The second kappa shape index (κ2) is 8.87. The Hall–Kier alpha value is -0.300. The van der Waals surface area contributed by atoms with E-state index in [1.165, 1.54) is 37.8 Å². The lowest BCUT2D eigenvalue weighted by atomic mass is 9.68. The van der Waals surface area contributed by atoms with Crippen LogP contribution in [-0.4, -0.2) is 13.1 Å². The molecule has 118 valence electrons. The zero-order valence-corrected chi connectivity index (χ0v) is 14.5. The fraction of sp³-hybridized carbons (Fsp3) is 0.895. The first-order valence-electron chi connectivity index (χ1n) is 8.81. The summed E-state index contributed by atoms with van der Waals surface area (Å²) in [5.41, 5.74) is 1.45. The first-order chi connectivity index (χ1) is 9.43. The molecule has 1 N–H and O–H groups in total. The van der Waals surface area contributed by atoms with Crippen molar-refractivity contribution >= 4 is 0 Å². The second-order valence-corrected chi connectivity index (χ2v) is 7.70. The summed E-state index contributed by atoms with van der Waals surface area (Å²) >= 11 is 0. The molecule has 3 atom stereocenters. The van der Waals surface area contributed by atoms with Crippen molar-refractivity contribution in [3.63, 3.8) is 0 Å². The molecule has 0 bridgehead atoms. The minimum atomic E-state index is 0.756. The van der Waals surface area contributed by atoms with Crippen LogP contribution < -0.4 is 5.32 Å². The lowest BCUT2D eigenvalue weighted by Crippen LogP contribution is -2.35. The van der Waals surface area contributed by atoms with Crippen molar-refractivity contribution in [1.29, 1.82) is 0 Å². The summed E-state index contributed by atoms with van der Waals surface area (Å²) in [6.45, 7) is 18.3. The summed E-state index contributed by atoms with van der Waals surface area (Å²) in [5.74, 6) is 4.27. The van der Waals surface area contributed by atoms with Crippen molar-refractivity contribution in [1.82, 2.24) is 5.32 Å². The van der Waals surface area contributed by atoms with Crippen LogP contribution in [0.4, 0.5) is 0 Å². The van der Waals surface area contributed by atoms with E-state index in [0.717, 1.165) is 42.6 Å². The van der Waals surface area contributed by atoms with Crippen LogP contribution in [0.1, 0.15) is 66.7 Å². The largest absolute Gasteiger partial charge is 0.316 e. The number of hydrogen-bond donors (Lipinski definition) is 1. The summed E-state index contributed by atoms with van der Waals surface area (Å²) < 4.78 is 0. The summed E-state index contributed by atoms with van der Waals surface area (Å²) in [6, 6.07) is 0. The van der Waals surface area contributed by atoms with Crippen molar-refractivity contribution in [2.45, 2.75) is 66.7 Å². The molecule has 1 fully saturated rings. The van der Waals surface area contributed by atoms with Gasteiger partial charge in [-0.2, -0.15) is 0 Å². The Balaban J connectivity index is 2.53. The van der Waals surface area contributed by atoms with E-state index in [1.54, 1.807) is 0 Å². The minimum absolute atomic E-state index is 0.756. The lowest BCUT2D eigenvalue weighted by molar-refractivity contribution is 0.143. The molecule has 1 nitrogen and oxygen atoms in total. The molecule has 0 aromatic carbocycles. The first kappa shape index (κ1) is 17.8. The van der Waals surface area contributed by atoms with Crippen LogP contribution in [0.2, 0.25) is 0 Å². The Kier molecular flexibility index (Phi) is 7.87. The summed E-state index contributed by atoms with van der Waals surface area (Å²) in [6.07, 6.45) is 6.67. The van der Waals surface area contributed by atoms with Gasteiger partial charge in [0, 0.05) is 0 Å². The molecule has 0 radical (unpaired) electrons.